The number of amides is 3. The highest BCUT2D eigenvalue weighted by Crippen LogP contribution is 2.23. The molecule has 2 rings (SSSR count). The number of nitrogens with zero attached hydrogens (tertiary/aromatic N) is 1. The molecule has 6 heteroatoms. The molecule has 1 unspecified atom stereocenters. The van der Waals surface area contributed by atoms with Crippen LogP contribution in [0.1, 0.15) is 32.6 Å². The Morgan fingerprint density at radius 2 is 2.05 bits per heavy atom. The van der Waals surface area contributed by atoms with Gasteiger partial charge in [-0.2, -0.15) is 0 Å². The predicted molar refractivity (Wildman–Crippen MR) is 88.3 cm³/mol. The number of carbonyl (C=O) groups excluding carboxylic acids is 2. The monoisotopic (exact) mass is 323 g/mol. The Balaban J connectivity index is 1.82. The molecule has 0 radical (unpaired) electrons. The van der Waals surface area contributed by atoms with Gasteiger partial charge in [0.1, 0.15) is 0 Å². The maximum atomic E-state index is 12.1. The van der Waals surface area contributed by atoms with Crippen molar-refractivity contribution >= 4 is 29.2 Å². The number of nitrogens with one attached hydrogen (secondary N) is 2. The first kappa shape index (κ1) is 16.6. The van der Waals surface area contributed by atoms with Gasteiger partial charge in [-0.25, -0.2) is 4.79 Å². The van der Waals surface area contributed by atoms with Gasteiger partial charge in [0.2, 0.25) is 5.91 Å². The SMILES string of the molecule is CCCCCNC(=O)NC1CC(=O)N(c2ccc(Cl)cc2)C1. The van der Waals surface area contributed by atoms with Crippen molar-refractivity contribution in [3.05, 3.63) is 29.3 Å². The van der Waals surface area contributed by atoms with Gasteiger partial charge in [-0.3, -0.25) is 4.79 Å². The van der Waals surface area contributed by atoms with Crippen LogP contribution in [0, 0.1) is 0 Å². The molecule has 1 aliphatic heterocycles. The predicted octanol–water partition coefficient (Wildman–Crippen LogP) is 2.93. The molecule has 1 aromatic carbocycles. The number of hydrogen-bond donors (Lipinski definition) is 2. The highest BCUT2D eigenvalue weighted by molar-refractivity contribution is 6.30. The zero-order chi connectivity index (χ0) is 15.9. The largest absolute Gasteiger partial charge is 0.338 e. The smallest absolute Gasteiger partial charge is 0.315 e. The lowest BCUT2D eigenvalue weighted by Crippen LogP contribution is -2.43. The lowest BCUT2D eigenvalue weighted by Gasteiger charge is -2.17. The summed E-state index contributed by atoms with van der Waals surface area (Å²) in [5.74, 6) is 0.0126. The van der Waals surface area contributed by atoms with E-state index in [1.807, 2.05) is 12.1 Å². The van der Waals surface area contributed by atoms with Crippen molar-refractivity contribution in [2.75, 3.05) is 18.0 Å². The zero-order valence-electron chi connectivity index (χ0n) is 12.8. The van der Waals surface area contributed by atoms with Crippen LogP contribution in [0.5, 0.6) is 0 Å². The topological polar surface area (TPSA) is 61.4 Å². The summed E-state index contributed by atoms with van der Waals surface area (Å²) < 4.78 is 0. The second kappa shape index (κ2) is 8.03. The fourth-order valence-corrected chi connectivity index (χ4v) is 2.61. The van der Waals surface area contributed by atoms with Crippen molar-refractivity contribution in [3.8, 4) is 0 Å². The quantitative estimate of drug-likeness (QED) is 0.791. The van der Waals surface area contributed by atoms with E-state index in [2.05, 4.69) is 17.6 Å². The first-order valence-electron chi connectivity index (χ1n) is 7.70. The van der Waals surface area contributed by atoms with Gasteiger partial charge in [0.25, 0.3) is 0 Å². The number of benzene rings is 1. The minimum absolute atomic E-state index is 0.0126. The molecule has 3 amide bonds. The standard InChI is InChI=1S/C16H22ClN3O2/c1-2-3-4-9-18-16(22)19-13-10-15(21)20(11-13)14-7-5-12(17)6-8-14/h5-8,13H,2-4,9-11H2,1H3,(H2,18,19,22). The lowest BCUT2D eigenvalue weighted by atomic mass is 10.2. The van der Waals surface area contributed by atoms with Gasteiger partial charge in [0.05, 0.1) is 6.04 Å². The van der Waals surface area contributed by atoms with Crippen LogP contribution < -0.4 is 15.5 Å². The number of hydrogen-bond acceptors (Lipinski definition) is 2. The van der Waals surface area contributed by atoms with Crippen LogP contribution in [0.25, 0.3) is 0 Å². The van der Waals surface area contributed by atoms with Crippen LogP contribution >= 0.6 is 11.6 Å². The molecule has 2 N–H and O–H groups in total. The van der Waals surface area contributed by atoms with Crippen molar-refractivity contribution in [1.29, 1.82) is 0 Å². The number of urea groups is 1. The average molecular weight is 324 g/mol. The third-order valence-corrected chi connectivity index (χ3v) is 3.92. The van der Waals surface area contributed by atoms with Gasteiger partial charge in [0, 0.05) is 30.2 Å². The minimum Gasteiger partial charge on any atom is -0.338 e. The summed E-state index contributed by atoms with van der Waals surface area (Å²) in [6, 6.07) is 6.78. The maximum Gasteiger partial charge on any atom is 0.315 e. The van der Waals surface area contributed by atoms with E-state index < -0.39 is 0 Å². The minimum atomic E-state index is -0.202. The van der Waals surface area contributed by atoms with Gasteiger partial charge >= 0.3 is 6.03 Å². The van der Waals surface area contributed by atoms with E-state index in [1.54, 1.807) is 17.0 Å². The Hall–Kier alpha value is -1.75. The molecule has 0 aliphatic carbocycles. The van der Waals surface area contributed by atoms with Crippen LogP contribution in [-0.2, 0) is 4.79 Å². The highest BCUT2D eigenvalue weighted by atomic mass is 35.5. The summed E-state index contributed by atoms with van der Waals surface area (Å²) in [6.45, 7) is 3.28. The molecular weight excluding hydrogens is 302 g/mol. The fourth-order valence-electron chi connectivity index (χ4n) is 2.49. The number of unbranched alkanes of at least 4 members (excludes halogenated alkanes) is 2. The van der Waals surface area contributed by atoms with Crippen molar-refractivity contribution < 1.29 is 9.59 Å². The van der Waals surface area contributed by atoms with Gasteiger partial charge in [-0.05, 0) is 30.7 Å². The second-order valence-corrected chi connectivity index (χ2v) is 5.93. The maximum absolute atomic E-state index is 12.1. The molecule has 1 atom stereocenters. The van der Waals surface area contributed by atoms with Crippen molar-refractivity contribution in [3.63, 3.8) is 0 Å². The summed E-state index contributed by atoms with van der Waals surface area (Å²) in [7, 11) is 0. The average Bonchev–Trinajstić information content (AvgIpc) is 2.85. The molecule has 120 valence electrons. The molecule has 22 heavy (non-hydrogen) atoms. The summed E-state index contributed by atoms with van der Waals surface area (Å²) in [5, 5.41) is 6.32. The fraction of sp³-hybridized carbons (Fsp3) is 0.500. The number of halogens is 1. The third-order valence-electron chi connectivity index (χ3n) is 3.66. The van der Waals surface area contributed by atoms with Crippen LogP contribution in [0.3, 0.4) is 0 Å². The second-order valence-electron chi connectivity index (χ2n) is 5.49. The Morgan fingerprint density at radius 3 is 2.73 bits per heavy atom. The van der Waals surface area contributed by atoms with Gasteiger partial charge in [-0.15, -0.1) is 0 Å². The van der Waals surface area contributed by atoms with Crippen LogP contribution in [-0.4, -0.2) is 31.1 Å². The van der Waals surface area contributed by atoms with Crippen molar-refractivity contribution in [2.24, 2.45) is 0 Å². The summed E-state index contributed by atoms with van der Waals surface area (Å²) in [5.41, 5.74) is 0.807. The first-order chi connectivity index (χ1) is 10.6. The van der Waals surface area contributed by atoms with E-state index in [0.717, 1.165) is 24.9 Å². The van der Waals surface area contributed by atoms with Gasteiger partial charge in [0.15, 0.2) is 0 Å². The Labute approximate surface area is 136 Å². The number of rotatable bonds is 6. The van der Waals surface area contributed by atoms with Gasteiger partial charge in [-0.1, -0.05) is 31.4 Å². The summed E-state index contributed by atoms with van der Waals surface area (Å²) >= 11 is 5.85. The number of carbonyl (C=O) groups is 2. The van der Waals surface area contributed by atoms with Crippen molar-refractivity contribution in [1.82, 2.24) is 10.6 Å². The first-order valence-corrected chi connectivity index (χ1v) is 8.08. The molecule has 1 fully saturated rings. The van der Waals surface area contributed by atoms with Crippen molar-refractivity contribution in [2.45, 2.75) is 38.6 Å². The molecule has 1 aliphatic rings. The van der Waals surface area contributed by atoms with Crippen LogP contribution in [0.4, 0.5) is 10.5 Å². The zero-order valence-corrected chi connectivity index (χ0v) is 13.5. The Bertz CT molecular complexity index is 519. The Kier molecular flexibility index (Phi) is 6.07. The molecule has 1 heterocycles. The van der Waals surface area contributed by atoms with E-state index in [9.17, 15) is 9.59 Å². The molecule has 0 spiro atoms. The Morgan fingerprint density at radius 1 is 1.32 bits per heavy atom. The summed E-state index contributed by atoms with van der Waals surface area (Å²) in [6.07, 6.45) is 3.53. The van der Waals surface area contributed by atoms with E-state index in [4.69, 9.17) is 11.6 Å². The van der Waals surface area contributed by atoms with E-state index >= 15 is 0 Å². The van der Waals surface area contributed by atoms with E-state index in [-0.39, 0.29) is 18.0 Å². The molecule has 0 aromatic heterocycles. The molecule has 5 nitrogen and oxygen atoms in total. The van der Waals surface area contributed by atoms with Crippen LogP contribution in [0.2, 0.25) is 5.02 Å². The lowest BCUT2D eigenvalue weighted by molar-refractivity contribution is -0.117. The molecule has 0 bridgehead atoms. The molecule has 1 aromatic rings. The van der Waals surface area contributed by atoms with E-state index in [1.165, 1.54) is 0 Å². The normalized spacial score (nSPS) is 17.6. The number of anilines is 1. The molecule has 1 saturated heterocycles. The molecular formula is C16H22ClN3O2. The van der Waals surface area contributed by atoms with E-state index in [0.29, 0.717) is 24.5 Å². The third kappa shape index (κ3) is 4.63. The highest BCUT2D eigenvalue weighted by Gasteiger charge is 2.31. The van der Waals surface area contributed by atoms with Gasteiger partial charge < -0.3 is 15.5 Å². The molecule has 0 saturated carbocycles. The van der Waals surface area contributed by atoms with Crippen LogP contribution in [0.15, 0.2) is 24.3 Å². The summed E-state index contributed by atoms with van der Waals surface area (Å²) in [4.78, 5) is 25.5.